The number of nitrogens with zero attached hydrogens (tertiary/aromatic N) is 2. The van der Waals surface area contributed by atoms with Crippen molar-refractivity contribution < 1.29 is 13.9 Å². The Balaban J connectivity index is 2.12. The largest absolute Gasteiger partial charge is 0.491 e. The van der Waals surface area contributed by atoms with Crippen LogP contribution < -0.4 is 10.1 Å². The minimum absolute atomic E-state index is 0.141. The van der Waals surface area contributed by atoms with E-state index < -0.39 is 17.8 Å². The van der Waals surface area contributed by atoms with Crippen LogP contribution in [0, 0.1) is 5.82 Å². The summed E-state index contributed by atoms with van der Waals surface area (Å²) in [6.45, 7) is 3.93. The van der Waals surface area contributed by atoms with E-state index in [-0.39, 0.29) is 16.5 Å². The van der Waals surface area contributed by atoms with Crippen LogP contribution in [-0.2, 0) is 7.05 Å². The predicted molar refractivity (Wildman–Crippen MR) is 81.7 cm³/mol. The van der Waals surface area contributed by atoms with E-state index in [0.29, 0.717) is 12.2 Å². The van der Waals surface area contributed by atoms with Crippen molar-refractivity contribution in [1.29, 1.82) is 0 Å². The molecule has 1 atom stereocenters. The van der Waals surface area contributed by atoms with Crippen LogP contribution in [0.1, 0.15) is 35.9 Å². The highest BCUT2D eigenvalue weighted by Crippen LogP contribution is 2.23. The number of ether oxygens (including phenoxy) is 1. The number of carbonyl (C=O) groups excluding carboxylic acids is 1. The summed E-state index contributed by atoms with van der Waals surface area (Å²) in [5, 5.41) is 7.00. The highest BCUT2D eigenvalue weighted by molar-refractivity contribution is 6.33. The van der Waals surface area contributed by atoms with Crippen LogP contribution in [0.2, 0.25) is 5.02 Å². The molecule has 0 aliphatic heterocycles. The molecule has 0 saturated heterocycles. The van der Waals surface area contributed by atoms with Crippen molar-refractivity contribution in [3.05, 3.63) is 46.5 Å². The minimum atomic E-state index is -0.462. The van der Waals surface area contributed by atoms with Gasteiger partial charge < -0.3 is 10.1 Å². The molecule has 1 amide bonds. The Kier molecular flexibility index (Phi) is 5.03. The maximum Gasteiger partial charge on any atom is 0.273 e. The maximum absolute atomic E-state index is 13.9. The number of rotatable bonds is 5. The summed E-state index contributed by atoms with van der Waals surface area (Å²) in [7, 11) is 1.67. The van der Waals surface area contributed by atoms with E-state index in [0.717, 1.165) is 0 Å². The Morgan fingerprint density at radius 1 is 1.55 bits per heavy atom. The van der Waals surface area contributed by atoms with Crippen molar-refractivity contribution in [2.45, 2.75) is 19.9 Å². The first kappa shape index (κ1) is 16.3. The van der Waals surface area contributed by atoms with E-state index in [2.05, 4.69) is 10.4 Å². The SMILES string of the molecule is CCOc1ccc(C(C)NC(=O)c2nn(C)cc2Cl)cc1F. The fourth-order valence-corrected chi connectivity index (χ4v) is 2.29. The second-order valence-corrected chi connectivity index (χ2v) is 5.22. The number of amides is 1. The molecule has 0 spiro atoms. The number of nitrogens with one attached hydrogen (secondary N) is 1. The number of carbonyl (C=O) groups is 1. The number of halogens is 2. The van der Waals surface area contributed by atoms with Gasteiger partial charge in [0.1, 0.15) is 0 Å². The zero-order chi connectivity index (χ0) is 16.3. The molecule has 0 saturated carbocycles. The molecule has 0 aliphatic rings. The van der Waals surface area contributed by atoms with E-state index in [9.17, 15) is 9.18 Å². The van der Waals surface area contributed by atoms with E-state index in [1.54, 1.807) is 33.0 Å². The van der Waals surface area contributed by atoms with Gasteiger partial charge in [-0.1, -0.05) is 17.7 Å². The zero-order valence-corrected chi connectivity index (χ0v) is 13.3. The van der Waals surface area contributed by atoms with Gasteiger partial charge in [-0.05, 0) is 31.5 Å². The quantitative estimate of drug-likeness (QED) is 0.919. The lowest BCUT2D eigenvalue weighted by atomic mass is 10.1. The number of benzene rings is 1. The van der Waals surface area contributed by atoms with Gasteiger partial charge in [0.2, 0.25) is 0 Å². The molecule has 2 rings (SSSR count). The van der Waals surface area contributed by atoms with Gasteiger partial charge >= 0.3 is 0 Å². The highest BCUT2D eigenvalue weighted by Gasteiger charge is 2.18. The van der Waals surface area contributed by atoms with Gasteiger partial charge in [-0.2, -0.15) is 5.10 Å². The molecule has 7 heteroatoms. The molecule has 0 bridgehead atoms. The number of aromatic nitrogens is 2. The van der Waals surface area contributed by atoms with Gasteiger partial charge in [0.25, 0.3) is 5.91 Å². The van der Waals surface area contributed by atoms with Crippen molar-refractivity contribution in [2.24, 2.45) is 7.05 Å². The molecule has 1 N–H and O–H groups in total. The van der Waals surface area contributed by atoms with Gasteiger partial charge in [-0.25, -0.2) is 4.39 Å². The average molecular weight is 326 g/mol. The predicted octanol–water partition coefficient (Wildman–Crippen LogP) is 3.10. The average Bonchev–Trinajstić information content (AvgIpc) is 2.80. The topological polar surface area (TPSA) is 56.1 Å². The molecule has 118 valence electrons. The first-order valence-corrected chi connectivity index (χ1v) is 7.22. The molecule has 1 unspecified atom stereocenters. The molecule has 0 radical (unpaired) electrons. The van der Waals surface area contributed by atoms with Crippen LogP contribution in [0.5, 0.6) is 5.75 Å². The fourth-order valence-electron chi connectivity index (χ4n) is 2.02. The Bertz CT molecular complexity index is 687. The van der Waals surface area contributed by atoms with Crippen molar-refractivity contribution in [1.82, 2.24) is 15.1 Å². The van der Waals surface area contributed by atoms with Crippen LogP contribution in [0.4, 0.5) is 4.39 Å². The Morgan fingerprint density at radius 3 is 2.82 bits per heavy atom. The van der Waals surface area contributed by atoms with E-state index in [4.69, 9.17) is 16.3 Å². The van der Waals surface area contributed by atoms with Gasteiger partial charge in [-0.15, -0.1) is 0 Å². The molecule has 22 heavy (non-hydrogen) atoms. The standard InChI is InChI=1S/C15H17ClFN3O2/c1-4-22-13-6-5-10(7-12(13)17)9(2)18-15(21)14-11(16)8-20(3)19-14/h5-9H,4H2,1-3H3,(H,18,21). The van der Waals surface area contributed by atoms with Crippen molar-refractivity contribution in [3.63, 3.8) is 0 Å². The summed E-state index contributed by atoms with van der Waals surface area (Å²) in [6, 6.07) is 4.20. The maximum atomic E-state index is 13.9. The smallest absolute Gasteiger partial charge is 0.273 e. The van der Waals surface area contributed by atoms with Gasteiger partial charge in [0.05, 0.1) is 17.7 Å². The lowest BCUT2D eigenvalue weighted by Gasteiger charge is -2.15. The molecular formula is C15H17ClFN3O2. The van der Waals surface area contributed by atoms with Crippen molar-refractivity contribution in [3.8, 4) is 5.75 Å². The van der Waals surface area contributed by atoms with Crippen LogP contribution in [0.15, 0.2) is 24.4 Å². The van der Waals surface area contributed by atoms with Crippen LogP contribution in [0.25, 0.3) is 0 Å². The molecule has 2 aromatic rings. The van der Waals surface area contributed by atoms with Gasteiger partial charge in [-0.3, -0.25) is 9.48 Å². The highest BCUT2D eigenvalue weighted by atomic mass is 35.5. The lowest BCUT2D eigenvalue weighted by molar-refractivity contribution is 0.0934. The molecule has 1 heterocycles. The van der Waals surface area contributed by atoms with E-state index in [1.807, 2.05) is 0 Å². The third kappa shape index (κ3) is 3.57. The van der Waals surface area contributed by atoms with Crippen molar-refractivity contribution in [2.75, 3.05) is 6.61 Å². The van der Waals surface area contributed by atoms with Gasteiger partial charge in [0, 0.05) is 13.2 Å². The normalized spacial score (nSPS) is 12.0. The van der Waals surface area contributed by atoms with Crippen LogP contribution in [0.3, 0.4) is 0 Å². The van der Waals surface area contributed by atoms with Gasteiger partial charge in [0.15, 0.2) is 17.3 Å². The summed E-state index contributed by atoms with van der Waals surface area (Å²) < 4.78 is 20.5. The lowest BCUT2D eigenvalue weighted by Crippen LogP contribution is -2.27. The molecule has 5 nitrogen and oxygen atoms in total. The van der Waals surface area contributed by atoms with E-state index in [1.165, 1.54) is 16.9 Å². The third-order valence-corrected chi connectivity index (χ3v) is 3.38. The molecule has 0 fully saturated rings. The van der Waals surface area contributed by atoms with E-state index >= 15 is 0 Å². The van der Waals surface area contributed by atoms with Crippen LogP contribution >= 0.6 is 11.6 Å². The number of hydrogen-bond acceptors (Lipinski definition) is 3. The van der Waals surface area contributed by atoms with Crippen LogP contribution in [-0.4, -0.2) is 22.3 Å². The summed E-state index contributed by atoms with van der Waals surface area (Å²) in [5.41, 5.74) is 0.767. The summed E-state index contributed by atoms with van der Waals surface area (Å²) in [4.78, 5) is 12.1. The minimum Gasteiger partial charge on any atom is -0.491 e. The zero-order valence-electron chi connectivity index (χ0n) is 12.6. The summed E-state index contributed by atoms with van der Waals surface area (Å²) in [5.74, 6) is -0.679. The molecule has 0 aliphatic carbocycles. The molecule has 1 aromatic heterocycles. The Morgan fingerprint density at radius 2 is 2.27 bits per heavy atom. The van der Waals surface area contributed by atoms with Crippen molar-refractivity contribution >= 4 is 17.5 Å². The fraction of sp³-hybridized carbons (Fsp3) is 0.333. The first-order valence-electron chi connectivity index (χ1n) is 6.84. The third-order valence-electron chi connectivity index (χ3n) is 3.10. The Labute approximate surface area is 133 Å². The second kappa shape index (κ2) is 6.79. The number of hydrogen-bond donors (Lipinski definition) is 1. The molecular weight excluding hydrogens is 309 g/mol. The second-order valence-electron chi connectivity index (χ2n) is 4.82. The number of aryl methyl sites for hydroxylation is 1. The Hall–Kier alpha value is -2.08. The monoisotopic (exact) mass is 325 g/mol. The first-order chi connectivity index (χ1) is 10.4. The summed E-state index contributed by atoms with van der Waals surface area (Å²) >= 11 is 5.93. The molecule has 1 aromatic carbocycles. The summed E-state index contributed by atoms with van der Waals surface area (Å²) in [6.07, 6.45) is 1.54.